The number of methoxy groups -OCH3 is 1. The zero-order chi connectivity index (χ0) is 15.7. The number of ether oxygens (including phenoxy) is 1. The van der Waals surface area contributed by atoms with Crippen molar-refractivity contribution in [3.63, 3.8) is 0 Å². The fourth-order valence-corrected chi connectivity index (χ4v) is 2.37. The molecule has 2 rings (SSSR count). The molecular weight excluding hydrogens is 281 g/mol. The van der Waals surface area contributed by atoms with Gasteiger partial charge < -0.3 is 10.1 Å². The lowest BCUT2D eigenvalue weighted by Gasteiger charge is -2.18. The molecule has 0 radical (unpaired) electrons. The molecule has 3 nitrogen and oxygen atoms in total. The molecular formula is C15H21F3N2O. The monoisotopic (exact) mass is 302 g/mol. The Hall–Kier alpha value is -1.14. The Morgan fingerprint density at radius 3 is 2.48 bits per heavy atom. The molecule has 1 fully saturated rings. The van der Waals surface area contributed by atoms with Crippen molar-refractivity contribution in [2.24, 2.45) is 0 Å². The Morgan fingerprint density at radius 1 is 1.33 bits per heavy atom. The summed E-state index contributed by atoms with van der Waals surface area (Å²) >= 11 is 0. The van der Waals surface area contributed by atoms with Crippen LogP contribution in [0.3, 0.4) is 0 Å². The molecule has 0 aliphatic heterocycles. The van der Waals surface area contributed by atoms with Crippen LogP contribution in [0.15, 0.2) is 12.1 Å². The van der Waals surface area contributed by atoms with E-state index in [9.17, 15) is 13.2 Å². The summed E-state index contributed by atoms with van der Waals surface area (Å²) in [6, 6.07) is 2.58. The predicted octanol–water partition coefficient (Wildman–Crippen LogP) is 3.49. The standard InChI is InChI=1S/C15H21F3N2O/c1-10(2)13-12(15(16,17)18)5-4-11(20-13)8-19-14(6-7-14)9-21-3/h4-5,10,19H,6-9H2,1-3H3. The van der Waals surface area contributed by atoms with Gasteiger partial charge in [0.2, 0.25) is 0 Å². The summed E-state index contributed by atoms with van der Waals surface area (Å²) in [7, 11) is 1.65. The summed E-state index contributed by atoms with van der Waals surface area (Å²) in [5, 5.41) is 3.34. The molecule has 6 heteroatoms. The van der Waals surface area contributed by atoms with E-state index in [2.05, 4.69) is 10.3 Å². The molecule has 0 amide bonds. The van der Waals surface area contributed by atoms with Crippen molar-refractivity contribution in [1.82, 2.24) is 10.3 Å². The number of hydrogen-bond acceptors (Lipinski definition) is 3. The van der Waals surface area contributed by atoms with E-state index >= 15 is 0 Å². The van der Waals surface area contributed by atoms with Crippen molar-refractivity contribution < 1.29 is 17.9 Å². The SMILES string of the molecule is COCC1(NCc2ccc(C(F)(F)F)c(C(C)C)n2)CC1. The van der Waals surface area contributed by atoms with E-state index in [4.69, 9.17) is 4.74 Å². The number of pyridine rings is 1. The highest BCUT2D eigenvalue weighted by molar-refractivity contribution is 5.28. The molecule has 0 saturated heterocycles. The average molecular weight is 302 g/mol. The molecule has 21 heavy (non-hydrogen) atoms. The zero-order valence-electron chi connectivity index (χ0n) is 12.5. The number of alkyl halides is 3. The predicted molar refractivity (Wildman–Crippen MR) is 74.0 cm³/mol. The molecule has 1 aromatic rings. The minimum atomic E-state index is -4.35. The lowest BCUT2D eigenvalue weighted by atomic mass is 10.0. The van der Waals surface area contributed by atoms with Gasteiger partial charge in [0.1, 0.15) is 0 Å². The van der Waals surface area contributed by atoms with Gasteiger partial charge in [-0.25, -0.2) is 0 Å². The van der Waals surface area contributed by atoms with E-state index in [1.165, 1.54) is 6.07 Å². The minimum absolute atomic E-state index is 0.0167. The minimum Gasteiger partial charge on any atom is -0.383 e. The quantitative estimate of drug-likeness (QED) is 0.873. The molecule has 1 aliphatic carbocycles. The fourth-order valence-electron chi connectivity index (χ4n) is 2.37. The van der Waals surface area contributed by atoms with Crippen LogP contribution in [0.25, 0.3) is 0 Å². The summed E-state index contributed by atoms with van der Waals surface area (Å²) in [6.07, 6.45) is -2.30. The zero-order valence-corrected chi connectivity index (χ0v) is 12.5. The van der Waals surface area contributed by atoms with Gasteiger partial charge in [0.15, 0.2) is 0 Å². The Balaban J connectivity index is 2.13. The molecule has 1 aliphatic rings. The fraction of sp³-hybridized carbons (Fsp3) is 0.667. The van der Waals surface area contributed by atoms with Crippen molar-refractivity contribution in [3.8, 4) is 0 Å². The maximum Gasteiger partial charge on any atom is 0.418 e. The highest BCUT2D eigenvalue weighted by atomic mass is 19.4. The van der Waals surface area contributed by atoms with Crippen LogP contribution >= 0.6 is 0 Å². The van der Waals surface area contributed by atoms with Crippen molar-refractivity contribution in [2.45, 2.75) is 50.9 Å². The van der Waals surface area contributed by atoms with Gasteiger partial charge >= 0.3 is 6.18 Å². The smallest absolute Gasteiger partial charge is 0.383 e. The summed E-state index contributed by atoms with van der Waals surface area (Å²) < 4.78 is 44.0. The number of halogens is 3. The maximum absolute atomic E-state index is 13.0. The van der Waals surface area contributed by atoms with Crippen molar-refractivity contribution >= 4 is 0 Å². The third-order valence-electron chi connectivity index (χ3n) is 3.75. The van der Waals surface area contributed by atoms with Gasteiger partial charge in [-0.15, -0.1) is 0 Å². The number of rotatable bonds is 6. The molecule has 1 aromatic heterocycles. The molecule has 0 unspecified atom stereocenters. The number of nitrogens with zero attached hydrogens (tertiary/aromatic N) is 1. The Morgan fingerprint density at radius 2 is 2.00 bits per heavy atom. The van der Waals surface area contributed by atoms with Gasteiger partial charge in [0.05, 0.1) is 23.6 Å². The van der Waals surface area contributed by atoms with Crippen LogP contribution in [0.4, 0.5) is 13.2 Å². The van der Waals surface area contributed by atoms with Crippen LogP contribution in [-0.2, 0) is 17.5 Å². The molecule has 0 spiro atoms. The first-order valence-corrected chi connectivity index (χ1v) is 7.08. The van der Waals surface area contributed by atoms with Crippen molar-refractivity contribution in [2.75, 3.05) is 13.7 Å². The molecule has 1 saturated carbocycles. The second-order valence-corrected chi connectivity index (χ2v) is 5.95. The summed E-state index contributed by atoms with van der Waals surface area (Å²) in [5.41, 5.74) is 0.0867. The van der Waals surface area contributed by atoms with Gasteiger partial charge in [0.25, 0.3) is 0 Å². The molecule has 118 valence electrons. The van der Waals surface area contributed by atoms with E-state index < -0.39 is 11.7 Å². The second-order valence-electron chi connectivity index (χ2n) is 5.95. The number of aromatic nitrogens is 1. The van der Waals surface area contributed by atoms with Gasteiger partial charge in [-0.1, -0.05) is 13.8 Å². The van der Waals surface area contributed by atoms with E-state index in [1.54, 1.807) is 21.0 Å². The molecule has 0 atom stereocenters. The van der Waals surface area contributed by atoms with Crippen LogP contribution in [0.2, 0.25) is 0 Å². The van der Waals surface area contributed by atoms with E-state index in [0.29, 0.717) is 18.8 Å². The van der Waals surface area contributed by atoms with Crippen molar-refractivity contribution in [1.29, 1.82) is 0 Å². The first kappa shape index (κ1) is 16.2. The third kappa shape index (κ3) is 3.95. The first-order valence-electron chi connectivity index (χ1n) is 7.08. The lowest BCUT2D eigenvalue weighted by molar-refractivity contribution is -0.138. The summed E-state index contributed by atoms with van der Waals surface area (Å²) in [5.74, 6) is -0.268. The third-order valence-corrected chi connectivity index (χ3v) is 3.75. The Labute approximate surface area is 122 Å². The van der Waals surface area contributed by atoms with Gasteiger partial charge in [-0.05, 0) is 30.9 Å². The topological polar surface area (TPSA) is 34.1 Å². The second kappa shape index (κ2) is 5.93. The number of hydrogen-bond donors (Lipinski definition) is 1. The Kier molecular flexibility index (Phi) is 4.58. The normalized spacial score (nSPS) is 17.3. The van der Waals surface area contributed by atoms with Gasteiger partial charge in [-0.3, -0.25) is 4.98 Å². The van der Waals surface area contributed by atoms with E-state index in [0.717, 1.165) is 18.9 Å². The van der Waals surface area contributed by atoms with Crippen LogP contribution in [-0.4, -0.2) is 24.2 Å². The highest BCUT2D eigenvalue weighted by Crippen LogP contribution is 2.36. The van der Waals surface area contributed by atoms with Crippen molar-refractivity contribution in [3.05, 3.63) is 29.1 Å². The summed E-state index contributed by atoms with van der Waals surface area (Å²) in [6.45, 7) is 4.52. The first-order chi connectivity index (χ1) is 9.77. The molecule has 0 bridgehead atoms. The van der Waals surface area contributed by atoms with E-state index in [1.807, 2.05) is 0 Å². The average Bonchev–Trinajstić information content (AvgIpc) is 3.15. The number of nitrogens with one attached hydrogen (secondary N) is 1. The maximum atomic E-state index is 13.0. The van der Waals surface area contributed by atoms with Gasteiger partial charge in [0, 0.05) is 19.2 Å². The van der Waals surface area contributed by atoms with Crippen LogP contribution in [0, 0.1) is 0 Å². The molecule has 1 heterocycles. The van der Waals surface area contributed by atoms with E-state index in [-0.39, 0.29) is 17.2 Å². The largest absolute Gasteiger partial charge is 0.418 e. The van der Waals surface area contributed by atoms with Crippen LogP contribution in [0.1, 0.15) is 49.6 Å². The lowest BCUT2D eigenvalue weighted by Crippen LogP contribution is -2.35. The molecule has 0 aromatic carbocycles. The Bertz CT molecular complexity index is 496. The highest BCUT2D eigenvalue weighted by Gasteiger charge is 2.42. The van der Waals surface area contributed by atoms with Crippen LogP contribution in [0.5, 0.6) is 0 Å². The molecule has 1 N–H and O–H groups in total. The summed E-state index contributed by atoms with van der Waals surface area (Å²) in [4.78, 5) is 4.21. The van der Waals surface area contributed by atoms with Gasteiger partial charge in [-0.2, -0.15) is 13.2 Å². The van der Waals surface area contributed by atoms with Crippen LogP contribution < -0.4 is 5.32 Å².